The summed E-state index contributed by atoms with van der Waals surface area (Å²) >= 11 is 0. The minimum absolute atomic E-state index is 0.283. The summed E-state index contributed by atoms with van der Waals surface area (Å²) in [4.78, 5) is 3.97. The number of hydrogen-bond donors (Lipinski definition) is 0. The molecule has 0 aromatic carbocycles. The highest BCUT2D eigenvalue weighted by Crippen LogP contribution is 2.14. The van der Waals surface area contributed by atoms with Crippen molar-refractivity contribution in [1.29, 1.82) is 0 Å². The molecule has 13 heavy (non-hydrogen) atoms. The molecule has 0 aliphatic rings. The lowest BCUT2D eigenvalue weighted by atomic mass is 10.1. The molecule has 0 heterocycles. The van der Waals surface area contributed by atoms with Crippen LogP contribution in [-0.2, 0) is 0 Å². The topological polar surface area (TPSA) is 12.4 Å². The normalized spacial score (nSPS) is 13.7. The molecule has 0 saturated carbocycles. The predicted molar refractivity (Wildman–Crippen MR) is 56.8 cm³/mol. The van der Waals surface area contributed by atoms with Crippen LogP contribution in [0.25, 0.3) is 0 Å². The number of nitrogens with zero attached hydrogens (tertiary/aromatic N) is 1. The smallest absolute Gasteiger partial charge is 0.147 e. The van der Waals surface area contributed by atoms with E-state index in [9.17, 15) is 4.39 Å². The largest absolute Gasteiger partial charge is 0.283 e. The fourth-order valence-corrected chi connectivity index (χ4v) is 0.730. The van der Waals surface area contributed by atoms with Crippen molar-refractivity contribution in [2.75, 3.05) is 6.54 Å². The highest BCUT2D eigenvalue weighted by atomic mass is 19.1. The lowest BCUT2D eigenvalue weighted by Gasteiger charge is -2.02. The third-order valence-electron chi connectivity index (χ3n) is 1.74. The maximum atomic E-state index is 13.4. The van der Waals surface area contributed by atoms with Gasteiger partial charge in [-0.15, -0.1) is 6.58 Å². The summed E-state index contributed by atoms with van der Waals surface area (Å²) in [5, 5.41) is 0. The van der Waals surface area contributed by atoms with Crippen molar-refractivity contribution in [2.45, 2.75) is 20.8 Å². The van der Waals surface area contributed by atoms with Gasteiger partial charge in [-0.25, -0.2) is 4.39 Å². The summed E-state index contributed by atoms with van der Waals surface area (Å²) < 4.78 is 13.4. The van der Waals surface area contributed by atoms with Gasteiger partial charge in [-0.1, -0.05) is 18.2 Å². The number of rotatable bonds is 4. The first-order valence-electron chi connectivity index (χ1n) is 4.15. The second kappa shape index (κ2) is 5.46. The van der Waals surface area contributed by atoms with Gasteiger partial charge in [0.15, 0.2) is 0 Å². The SMILES string of the molecule is C=CCN=C(C)/C(F)=C(\C)C(=C)C. The van der Waals surface area contributed by atoms with Gasteiger partial charge in [-0.05, 0) is 26.3 Å². The van der Waals surface area contributed by atoms with Crippen molar-refractivity contribution < 1.29 is 4.39 Å². The molecule has 0 aromatic rings. The summed E-state index contributed by atoms with van der Waals surface area (Å²) in [6.07, 6.45) is 1.63. The Hall–Kier alpha value is -1.18. The van der Waals surface area contributed by atoms with Crippen LogP contribution in [0.15, 0.2) is 41.2 Å². The van der Waals surface area contributed by atoms with Crippen molar-refractivity contribution >= 4 is 5.71 Å². The van der Waals surface area contributed by atoms with E-state index in [1.165, 1.54) is 0 Å². The van der Waals surface area contributed by atoms with Gasteiger partial charge in [-0.2, -0.15) is 0 Å². The molecule has 2 heteroatoms. The van der Waals surface area contributed by atoms with E-state index in [0.717, 1.165) is 5.57 Å². The third-order valence-corrected chi connectivity index (χ3v) is 1.74. The Morgan fingerprint density at radius 2 is 1.92 bits per heavy atom. The fourth-order valence-electron chi connectivity index (χ4n) is 0.730. The number of hydrogen-bond acceptors (Lipinski definition) is 1. The molecular formula is C11H16FN. The van der Waals surface area contributed by atoms with E-state index in [-0.39, 0.29) is 5.83 Å². The Bertz CT molecular complexity index is 272. The minimum atomic E-state index is -0.283. The molecule has 0 fully saturated rings. The molecule has 0 radical (unpaired) electrons. The zero-order chi connectivity index (χ0) is 10.4. The van der Waals surface area contributed by atoms with Gasteiger partial charge in [0.05, 0.1) is 12.3 Å². The molecule has 0 aromatic heterocycles. The highest BCUT2D eigenvalue weighted by Gasteiger charge is 2.04. The Labute approximate surface area is 79.4 Å². The van der Waals surface area contributed by atoms with E-state index >= 15 is 0 Å². The van der Waals surface area contributed by atoms with Gasteiger partial charge in [0, 0.05) is 0 Å². The van der Waals surface area contributed by atoms with Crippen molar-refractivity contribution in [3.8, 4) is 0 Å². The Morgan fingerprint density at radius 1 is 1.38 bits per heavy atom. The molecule has 0 amide bonds. The number of halogens is 1. The van der Waals surface area contributed by atoms with E-state index in [0.29, 0.717) is 17.8 Å². The molecule has 0 spiro atoms. The second-order valence-electron chi connectivity index (χ2n) is 2.93. The van der Waals surface area contributed by atoms with Crippen LogP contribution in [0, 0.1) is 0 Å². The van der Waals surface area contributed by atoms with Gasteiger partial charge in [0.1, 0.15) is 5.83 Å². The molecule has 0 aliphatic carbocycles. The van der Waals surface area contributed by atoms with Gasteiger partial charge < -0.3 is 0 Å². The van der Waals surface area contributed by atoms with Crippen LogP contribution in [0.1, 0.15) is 20.8 Å². The van der Waals surface area contributed by atoms with Crippen LogP contribution >= 0.6 is 0 Å². The van der Waals surface area contributed by atoms with Crippen molar-refractivity contribution in [1.82, 2.24) is 0 Å². The molecule has 0 bridgehead atoms. The zero-order valence-electron chi connectivity index (χ0n) is 8.52. The molecule has 0 unspecified atom stereocenters. The van der Waals surface area contributed by atoms with Gasteiger partial charge in [-0.3, -0.25) is 4.99 Å². The molecule has 0 N–H and O–H groups in total. The van der Waals surface area contributed by atoms with E-state index in [2.05, 4.69) is 18.2 Å². The first kappa shape index (κ1) is 11.8. The summed E-state index contributed by atoms with van der Waals surface area (Å²) in [6, 6.07) is 0. The minimum Gasteiger partial charge on any atom is -0.283 e. The van der Waals surface area contributed by atoms with Gasteiger partial charge in [0.2, 0.25) is 0 Å². The second-order valence-corrected chi connectivity index (χ2v) is 2.93. The standard InChI is InChI=1S/C11H16FN/c1-6-7-13-10(5)11(12)9(4)8(2)3/h6H,1-2,7H2,3-5H3/b11-9-,13-10?. The lowest BCUT2D eigenvalue weighted by molar-refractivity contribution is 0.669. The average Bonchev–Trinajstić information content (AvgIpc) is 2.11. The van der Waals surface area contributed by atoms with Crippen LogP contribution in [-0.4, -0.2) is 12.3 Å². The fraction of sp³-hybridized carbons (Fsp3) is 0.364. The predicted octanol–water partition coefficient (Wildman–Crippen LogP) is 3.45. The van der Waals surface area contributed by atoms with Gasteiger partial charge in [0.25, 0.3) is 0 Å². The monoisotopic (exact) mass is 181 g/mol. The first-order chi connectivity index (χ1) is 6.00. The third kappa shape index (κ3) is 3.83. The van der Waals surface area contributed by atoms with Crippen molar-refractivity contribution in [2.24, 2.45) is 4.99 Å². The molecular weight excluding hydrogens is 165 g/mol. The molecule has 0 saturated heterocycles. The Kier molecular flexibility index (Phi) is 4.97. The molecule has 72 valence electrons. The van der Waals surface area contributed by atoms with Crippen LogP contribution in [0.4, 0.5) is 4.39 Å². The van der Waals surface area contributed by atoms with Crippen LogP contribution in [0.3, 0.4) is 0 Å². The molecule has 0 aliphatic heterocycles. The van der Waals surface area contributed by atoms with E-state index in [1.807, 2.05) is 0 Å². The highest BCUT2D eigenvalue weighted by molar-refractivity contribution is 5.97. The van der Waals surface area contributed by atoms with Crippen LogP contribution in [0.2, 0.25) is 0 Å². The molecule has 0 atom stereocenters. The van der Waals surface area contributed by atoms with Crippen molar-refractivity contribution in [3.63, 3.8) is 0 Å². The quantitative estimate of drug-likeness (QED) is 0.358. The lowest BCUT2D eigenvalue weighted by Crippen LogP contribution is -1.97. The molecule has 1 nitrogen and oxygen atoms in total. The number of allylic oxidation sites excluding steroid dienone is 3. The summed E-state index contributed by atoms with van der Waals surface area (Å²) in [6.45, 7) is 12.7. The Balaban J connectivity index is 4.76. The Morgan fingerprint density at radius 3 is 2.31 bits per heavy atom. The number of aliphatic imine (C=N–C) groups is 1. The summed E-state index contributed by atoms with van der Waals surface area (Å²) in [7, 11) is 0. The van der Waals surface area contributed by atoms with E-state index in [4.69, 9.17) is 0 Å². The average molecular weight is 181 g/mol. The first-order valence-corrected chi connectivity index (χ1v) is 4.15. The maximum absolute atomic E-state index is 13.4. The van der Waals surface area contributed by atoms with E-state index < -0.39 is 0 Å². The van der Waals surface area contributed by atoms with Crippen LogP contribution in [0.5, 0.6) is 0 Å². The molecule has 0 rings (SSSR count). The zero-order valence-corrected chi connectivity index (χ0v) is 8.52. The van der Waals surface area contributed by atoms with Crippen molar-refractivity contribution in [3.05, 3.63) is 36.2 Å². The maximum Gasteiger partial charge on any atom is 0.147 e. The summed E-state index contributed by atoms with van der Waals surface area (Å²) in [5.41, 5.74) is 1.69. The summed E-state index contributed by atoms with van der Waals surface area (Å²) in [5.74, 6) is -0.283. The van der Waals surface area contributed by atoms with Gasteiger partial charge >= 0.3 is 0 Å². The van der Waals surface area contributed by atoms with Crippen LogP contribution < -0.4 is 0 Å². The van der Waals surface area contributed by atoms with E-state index in [1.54, 1.807) is 26.8 Å².